The molecule has 0 saturated carbocycles. The minimum absolute atomic E-state index is 0.0288. The van der Waals surface area contributed by atoms with E-state index < -0.39 is 10.7 Å². The van der Waals surface area contributed by atoms with E-state index in [0.29, 0.717) is 11.1 Å². The van der Waals surface area contributed by atoms with Crippen molar-refractivity contribution in [3.63, 3.8) is 0 Å². The zero-order chi connectivity index (χ0) is 13.3. The van der Waals surface area contributed by atoms with E-state index in [1.807, 2.05) is 0 Å². The fourth-order valence-electron chi connectivity index (χ4n) is 1.67. The number of aromatic nitrogens is 1. The zero-order valence-electron chi connectivity index (χ0n) is 9.55. The van der Waals surface area contributed by atoms with Crippen LogP contribution < -0.4 is 5.73 Å². The minimum atomic E-state index is -0.562. The fourth-order valence-corrected chi connectivity index (χ4v) is 1.67. The number of hydrogen-bond acceptors (Lipinski definition) is 4. The summed E-state index contributed by atoms with van der Waals surface area (Å²) in [5.74, 6) is -0.391. The van der Waals surface area contributed by atoms with Crippen LogP contribution in [0.25, 0.3) is 11.3 Å². The molecule has 0 bridgehead atoms. The molecule has 2 rings (SSSR count). The Kier molecular flexibility index (Phi) is 2.93. The zero-order valence-corrected chi connectivity index (χ0v) is 9.55. The number of anilines is 1. The number of pyridine rings is 1. The van der Waals surface area contributed by atoms with Gasteiger partial charge in [-0.1, -0.05) is 0 Å². The summed E-state index contributed by atoms with van der Waals surface area (Å²) in [6, 6.07) is 6.75. The van der Waals surface area contributed by atoms with E-state index in [1.54, 1.807) is 13.0 Å². The van der Waals surface area contributed by atoms with Crippen LogP contribution in [0.1, 0.15) is 5.56 Å². The summed E-state index contributed by atoms with van der Waals surface area (Å²) in [5.41, 5.74) is 6.78. The predicted octanol–water partition coefficient (Wildman–Crippen LogP) is 2.69. The number of rotatable bonds is 2. The molecule has 18 heavy (non-hydrogen) atoms. The van der Waals surface area contributed by atoms with Crippen molar-refractivity contribution < 1.29 is 9.31 Å². The number of benzene rings is 1. The third kappa shape index (κ3) is 2.42. The van der Waals surface area contributed by atoms with E-state index >= 15 is 0 Å². The summed E-state index contributed by atoms with van der Waals surface area (Å²) in [4.78, 5) is 14.1. The molecule has 0 aliphatic carbocycles. The van der Waals surface area contributed by atoms with Crippen LogP contribution in [0.4, 0.5) is 15.9 Å². The Morgan fingerprint density at radius 3 is 2.61 bits per heavy atom. The van der Waals surface area contributed by atoms with Gasteiger partial charge in [0, 0.05) is 11.6 Å². The first-order valence-corrected chi connectivity index (χ1v) is 5.15. The highest BCUT2D eigenvalue weighted by molar-refractivity contribution is 5.65. The topological polar surface area (TPSA) is 82.0 Å². The average molecular weight is 247 g/mol. The van der Waals surface area contributed by atoms with Crippen LogP contribution in [0.2, 0.25) is 0 Å². The van der Waals surface area contributed by atoms with Gasteiger partial charge < -0.3 is 5.73 Å². The van der Waals surface area contributed by atoms with E-state index in [1.165, 1.54) is 18.2 Å². The molecule has 1 heterocycles. The molecule has 0 radical (unpaired) electrons. The van der Waals surface area contributed by atoms with Crippen molar-refractivity contribution in [2.45, 2.75) is 6.92 Å². The Bertz CT molecular complexity index is 608. The maximum atomic E-state index is 13.3. The van der Waals surface area contributed by atoms with Crippen LogP contribution in [0, 0.1) is 22.9 Å². The third-order valence-electron chi connectivity index (χ3n) is 2.38. The van der Waals surface area contributed by atoms with Crippen LogP contribution in [0.5, 0.6) is 0 Å². The summed E-state index contributed by atoms with van der Waals surface area (Å²) in [7, 11) is 0. The molecular formula is C12H10FN3O2. The Morgan fingerprint density at radius 1 is 1.28 bits per heavy atom. The second kappa shape index (κ2) is 4.40. The number of nitrogens with zero attached hydrogens (tertiary/aromatic N) is 2. The maximum absolute atomic E-state index is 13.3. The van der Waals surface area contributed by atoms with Crippen LogP contribution in [0.3, 0.4) is 0 Å². The molecule has 92 valence electrons. The number of halogens is 1. The van der Waals surface area contributed by atoms with E-state index in [9.17, 15) is 14.5 Å². The van der Waals surface area contributed by atoms with Gasteiger partial charge in [0.1, 0.15) is 11.6 Å². The molecule has 0 aliphatic heterocycles. The van der Waals surface area contributed by atoms with Crippen molar-refractivity contribution in [2.24, 2.45) is 0 Å². The van der Waals surface area contributed by atoms with Crippen molar-refractivity contribution >= 4 is 11.5 Å². The van der Waals surface area contributed by atoms with E-state index in [-0.39, 0.29) is 17.2 Å². The summed E-state index contributed by atoms with van der Waals surface area (Å²) in [5, 5.41) is 10.7. The van der Waals surface area contributed by atoms with Crippen molar-refractivity contribution in [1.29, 1.82) is 0 Å². The standard InChI is InChI=1S/C12H10FN3O2/c1-7-2-8(4-9(13)3-7)11-5-10(16(17)18)6-12(14)15-11/h2-6H,1H3,(H2,14,15). The van der Waals surface area contributed by atoms with Gasteiger partial charge >= 0.3 is 0 Å². The Hall–Kier alpha value is -2.50. The Balaban J connectivity index is 2.59. The molecule has 1 aromatic heterocycles. The second-order valence-electron chi connectivity index (χ2n) is 3.91. The van der Waals surface area contributed by atoms with Crippen molar-refractivity contribution in [3.8, 4) is 11.3 Å². The van der Waals surface area contributed by atoms with Gasteiger partial charge in [0.05, 0.1) is 16.7 Å². The van der Waals surface area contributed by atoms with Crippen LogP contribution in [-0.2, 0) is 0 Å². The van der Waals surface area contributed by atoms with Crippen LogP contribution >= 0.6 is 0 Å². The second-order valence-corrected chi connectivity index (χ2v) is 3.91. The molecule has 6 heteroatoms. The molecule has 2 N–H and O–H groups in total. The summed E-state index contributed by atoms with van der Waals surface area (Å²) < 4.78 is 13.3. The van der Waals surface area contributed by atoms with Crippen LogP contribution in [0.15, 0.2) is 30.3 Å². The van der Waals surface area contributed by atoms with Gasteiger partial charge in [0.25, 0.3) is 5.69 Å². The van der Waals surface area contributed by atoms with Gasteiger partial charge in [-0.3, -0.25) is 10.1 Å². The lowest BCUT2D eigenvalue weighted by Crippen LogP contribution is -1.97. The van der Waals surface area contributed by atoms with E-state index in [0.717, 1.165) is 6.07 Å². The molecule has 2 aromatic rings. The van der Waals surface area contributed by atoms with Gasteiger partial charge in [-0.2, -0.15) is 0 Å². The van der Waals surface area contributed by atoms with Gasteiger partial charge in [-0.05, 0) is 30.7 Å². The molecular weight excluding hydrogens is 237 g/mol. The monoisotopic (exact) mass is 247 g/mol. The summed E-state index contributed by atoms with van der Waals surface area (Å²) in [6.45, 7) is 1.73. The Labute approximate surface area is 102 Å². The van der Waals surface area contributed by atoms with Gasteiger partial charge in [-0.15, -0.1) is 0 Å². The maximum Gasteiger partial charge on any atom is 0.275 e. The molecule has 0 amide bonds. The number of nitrogens with two attached hydrogens (primary N) is 1. The predicted molar refractivity (Wildman–Crippen MR) is 65.4 cm³/mol. The molecule has 0 saturated heterocycles. The highest BCUT2D eigenvalue weighted by atomic mass is 19.1. The molecule has 0 aliphatic rings. The highest BCUT2D eigenvalue weighted by Crippen LogP contribution is 2.25. The first kappa shape index (κ1) is 12.0. The number of nitrogen functional groups attached to an aromatic ring is 1. The lowest BCUT2D eigenvalue weighted by Gasteiger charge is -2.04. The SMILES string of the molecule is Cc1cc(F)cc(-c2cc([N+](=O)[O-])cc(N)n2)c1. The molecule has 0 unspecified atom stereocenters. The minimum Gasteiger partial charge on any atom is -0.383 e. The smallest absolute Gasteiger partial charge is 0.275 e. The summed E-state index contributed by atoms with van der Waals surface area (Å²) in [6.07, 6.45) is 0. The van der Waals surface area contributed by atoms with E-state index in [2.05, 4.69) is 4.98 Å². The normalized spacial score (nSPS) is 10.3. The number of hydrogen-bond donors (Lipinski definition) is 1. The Morgan fingerprint density at radius 2 is 2.00 bits per heavy atom. The fraction of sp³-hybridized carbons (Fsp3) is 0.0833. The van der Waals surface area contributed by atoms with Gasteiger partial charge in [0.15, 0.2) is 0 Å². The van der Waals surface area contributed by atoms with E-state index in [4.69, 9.17) is 5.73 Å². The van der Waals surface area contributed by atoms with Gasteiger partial charge in [0.2, 0.25) is 0 Å². The van der Waals surface area contributed by atoms with Crippen LogP contribution in [-0.4, -0.2) is 9.91 Å². The third-order valence-corrected chi connectivity index (χ3v) is 2.38. The first-order valence-electron chi connectivity index (χ1n) is 5.15. The molecule has 0 fully saturated rings. The van der Waals surface area contributed by atoms with Crippen molar-refractivity contribution in [3.05, 3.63) is 51.8 Å². The number of nitro groups is 1. The first-order chi connectivity index (χ1) is 8.45. The van der Waals surface area contributed by atoms with Gasteiger partial charge in [-0.25, -0.2) is 9.37 Å². The van der Waals surface area contributed by atoms with Crippen molar-refractivity contribution in [2.75, 3.05) is 5.73 Å². The molecule has 5 nitrogen and oxygen atoms in total. The van der Waals surface area contributed by atoms with Crippen molar-refractivity contribution in [1.82, 2.24) is 4.98 Å². The number of aryl methyl sites for hydroxylation is 1. The largest absolute Gasteiger partial charge is 0.383 e. The quantitative estimate of drug-likeness (QED) is 0.653. The summed E-state index contributed by atoms with van der Waals surface area (Å²) >= 11 is 0. The average Bonchev–Trinajstić information content (AvgIpc) is 2.26. The molecule has 1 aromatic carbocycles. The molecule has 0 atom stereocenters. The molecule has 0 spiro atoms. The lowest BCUT2D eigenvalue weighted by molar-refractivity contribution is -0.384. The highest BCUT2D eigenvalue weighted by Gasteiger charge is 2.12. The lowest BCUT2D eigenvalue weighted by atomic mass is 10.1.